The van der Waals surface area contributed by atoms with Crippen molar-refractivity contribution in [1.82, 2.24) is 4.98 Å². The van der Waals surface area contributed by atoms with Gasteiger partial charge in [0.2, 0.25) is 0 Å². The molecule has 0 N–H and O–H groups in total. The molecule has 100 valence electrons. The Labute approximate surface area is 118 Å². The van der Waals surface area contributed by atoms with Crippen LogP contribution >= 0.6 is 23.1 Å². The summed E-state index contributed by atoms with van der Waals surface area (Å²) in [6, 6.07) is 3.93. The number of rotatable bonds is 5. The number of thiazole rings is 1. The number of Topliss-reactive ketones (excluding diaryl/α,β-unsaturated/α-hetero) is 1. The number of ether oxygens (including phenoxy) is 1. The fourth-order valence-corrected chi connectivity index (χ4v) is 3.23. The molecule has 0 saturated heterocycles. The second kappa shape index (κ2) is 6.16. The second-order valence-electron chi connectivity index (χ2n) is 3.81. The van der Waals surface area contributed by atoms with E-state index in [2.05, 4.69) is 4.98 Å². The number of halogens is 1. The number of aromatic nitrogens is 1. The number of hydrogen-bond acceptors (Lipinski definition) is 5. The number of methoxy groups -OCH3 is 1. The molecule has 6 heteroatoms. The molecule has 1 aromatic heterocycles. The van der Waals surface area contributed by atoms with Crippen LogP contribution in [0.15, 0.2) is 27.9 Å². The molecule has 0 aliphatic heterocycles. The Kier molecular flexibility index (Phi) is 4.55. The molecule has 0 unspecified atom stereocenters. The molecule has 0 spiro atoms. The van der Waals surface area contributed by atoms with Crippen molar-refractivity contribution in [2.75, 3.05) is 12.9 Å². The summed E-state index contributed by atoms with van der Waals surface area (Å²) in [5.41, 5.74) is 1.20. The van der Waals surface area contributed by atoms with Gasteiger partial charge in [0.15, 0.2) is 10.1 Å². The Hall–Kier alpha value is -1.40. The number of aryl methyl sites for hydroxylation is 1. The lowest BCUT2D eigenvalue weighted by atomic mass is 10.1. The van der Waals surface area contributed by atoms with Gasteiger partial charge < -0.3 is 4.74 Å². The molecule has 0 aliphatic rings. The summed E-state index contributed by atoms with van der Waals surface area (Å²) in [5, 5.41) is 1.93. The van der Waals surface area contributed by atoms with Gasteiger partial charge in [-0.1, -0.05) is 11.8 Å². The summed E-state index contributed by atoms with van der Waals surface area (Å²) in [7, 11) is 1.46. The first-order chi connectivity index (χ1) is 9.10. The van der Waals surface area contributed by atoms with Gasteiger partial charge in [0, 0.05) is 11.1 Å². The van der Waals surface area contributed by atoms with Gasteiger partial charge in [-0.3, -0.25) is 4.79 Å². The predicted molar refractivity (Wildman–Crippen MR) is 74.9 cm³/mol. The Morgan fingerprint density at radius 1 is 1.53 bits per heavy atom. The topological polar surface area (TPSA) is 39.2 Å². The van der Waals surface area contributed by atoms with Gasteiger partial charge >= 0.3 is 0 Å². The summed E-state index contributed by atoms with van der Waals surface area (Å²) in [4.78, 5) is 16.3. The fourth-order valence-electron chi connectivity index (χ4n) is 1.50. The molecule has 0 bridgehead atoms. The molecule has 3 nitrogen and oxygen atoms in total. The number of carbonyl (C=O) groups excluding carboxylic acids is 1. The zero-order valence-electron chi connectivity index (χ0n) is 10.5. The molecule has 2 rings (SSSR count). The van der Waals surface area contributed by atoms with Crippen molar-refractivity contribution in [2.45, 2.75) is 11.3 Å². The highest BCUT2D eigenvalue weighted by Gasteiger charge is 2.14. The Morgan fingerprint density at radius 3 is 2.95 bits per heavy atom. The summed E-state index contributed by atoms with van der Waals surface area (Å²) in [6.45, 7) is 1.90. The Bertz CT molecular complexity index is 598. The lowest BCUT2D eigenvalue weighted by Crippen LogP contribution is -2.05. The van der Waals surface area contributed by atoms with Crippen LogP contribution in [0, 0.1) is 12.7 Å². The zero-order valence-corrected chi connectivity index (χ0v) is 12.1. The van der Waals surface area contributed by atoms with E-state index in [0.717, 1.165) is 10.0 Å². The molecule has 19 heavy (non-hydrogen) atoms. The van der Waals surface area contributed by atoms with E-state index in [1.165, 1.54) is 48.4 Å². The minimum Gasteiger partial charge on any atom is -0.496 e. The minimum absolute atomic E-state index is 0.172. The summed E-state index contributed by atoms with van der Waals surface area (Å²) in [6.07, 6.45) is 0. The highest BCUT2D eigenvalue weighted by Crippen LogP contribution is 2.26. The number of carbonyl (C=O) groups is 1. The van der Waals surface area contributed by atoms with Crippen LogP contribution in [-0.4, -0.2) is 23.6 Å². The molecule has 1 aromatic carbocycles. The van der Waals surface area contributed by atoms with Gasteiger partial charge in [-0.2, -0.15) is 0 Å². The predicted octanol–water partition coefficient (Wildman–Crippen LogP) is 3.57. The van der Waals surface area contributed by atoms with E-state index in [0.29, 0.717) is 5.75 Å². The molecule has 0 atom stereocenters. The fraction of sp³-hybridized carbons (Fsp3) is 0.231. The first-order valence-corrected chi connectivity index (χ1v) is 7.38. The quantitative estimate of drug-likeness (QED) is 0.625. The lowest BCUT2D eigenvalue weighted by molar-refractivity contribution is 0.101. The van der Waals surface area contributed by atoms with E-state index >= 15 is 0 Å². The van der Waals surface area contributed by atoms with Crippen LogP contribution in [-0.2, 0) is 0 Å². The third kappa shape index (κ3) is 3.54. The van der Waals surface area contributed by atoms with E-state index < -0.39 is 5.82 Å². The standard InChI is InChI=1S/C13H12FNO2S2/c1-8-6-18-13(15-8)19-7-11(16)10-5-9(14)3-4-12(10)17-2/h3-6H,7H2,1-2H3. The van der Waals surface area contributed by atoms with Crippen LogP contribution in [0.2, 0.25) is 0 Å². The van der Waals surface area contributed by atoms with Crippen molar-refractivity contribution < 1.29 is 13.9 Å². The molecule has 0 amide bonds. The third-order valence-electron chi connectivity index (χ3n) is 2.39. The normalized spacial score (nSPS) is 10.5. The van der Waals surface area contributed by atoms with Crippen molar-refractivity contribution in [2.24, 2.45) is 0 Å². The minimum atomic E-state index is -0.445. The van der Waals surface area contributed by atoms with E-state index in [1.807, 2.05) is 12.3 Å². The number of benzene rings is 1. The maximum absolute atomic E-state index is 13.2. The van der Waals surface area contributed by atoms with Gasteiger partial charge in [-0.05, 0) is 25.1 Å². The van der Waals surface area contributed by atoms with Gasteiger partial charge in [-0.25, -0.2) is 9.37 Å². The van der Waals surface area contributed by atoms with Crippen LogP contribution in [0.1, 0.15) is 16.1 Å². The summed E-state index contributed by atoms with van der Waals surface area (Å²) in [5.74, 6) is -0.0111. The van der Waals surface area contributed by atoms with Crippen molar-refractivity contribution in [3.63, 3.8) is 0 Å². The molecule has 0 aliphatic carbocycles. The van der Waals surface area contributed by atoms with Gasteiger partial charge in [0.25, 0.3) is 0 Å². The van der Waals surface area contributed by atoms with E-state index in [9.17, 15) is 9.18 Å². The number of thioether (sulfide) groups is 1. The van der Waals surface area contributed by atoms with Crippen LogP contribution in [0.4, 0.5) is 4.39 Å². The SMILES string of the molecule is COc1ccc(F)cc1C(=O)CSc1nc(C)cs1. The van der Waals surface area contributed by atoms with Crippen LogP contribution < -0.4 is 4.74 Å². The van der Waals surface area contributed by atoms with Crippen molar-refractivity contribution in [1.29, 1.82) is 0 Å². The van der Waals surface area contributed by atoms with E-state index in [-0.39, 0.29) is 17.1 Å². The van der Waals surface area contributed by atoms with E-state index in [1.54, 1.807) is 0 Å². The average molecular weight is 297 g/mol. The maximum atomic E-state index is 13.2. The van der Waals surface area contributed by atoms with Gasteiger partial charge in [-0.15, -0.1) is 11.3 Å². The van der Waals surface area contributed by atoms with Crippen molar-refractivity contribution in [3.8, 4) is 5.75 Å². The lowest BCUT2D eigenvalue weighted by Gasteiger charge is -2.06. The summed E-state index contributed by atoms with van der Waals surface area (Å²) >= 11 is 2.84. The maximum Gasteiger partial charge on any atom is 0.176 e. The molecular formula is C13H12FNO2S2. The number of ketones is 1. The monoisotopic (exact) mass is 297 g/mol. The molecule has 0 fully saturated rings. The molecule has 1 heterocycles. The number of hydrogen-bond donors (Lipinski definition) is 0. The van der Waals surface area contributed by atoms with Crippen molar-refractivity contribution in [3.05, 3.63) is 40.7 Å². The van der Waals surface area contributed by atoms with Crippen LogP contribution in [0.5, 0.6) is 5.75 Å². The first kappa shape index (κ1) is 14.0. The van der Waals surface area contributed by atoms with Gasteiger partial charge in [0.05, 0.1) is 18.4 Å². The van der Waals surface area contributed by atoms with Crippen LogP contribution in [0.3, 0.4) is 0 Å². The van der Waals surface area contributed by atoms with Crippen LogP contribution in [0.25, 0.3) is 0 Å². The summed E-state index contributed by atoms with van der Waals surface area (Å²) < 4.78 is 19.1. The highest BCUT2D eigenvalue weighted by atomic mass is 32.2. The third-order valence-corrected chi connectivity index (χ3v) is 4.53. The number of nitrogens with zero attached hydrogens (tertiary/aromatic N) is 1. The van der Waals surface area contributed by atoms with E-state index in [4.69, 9.17) is 4.74 Å². The Balaban J connectivity index is 2.09. The Morgan fingerprint density at radius 2 is 2.32 bits per heavy atom. The van der Waals surface area contributed by atoms with Gasteiger partial charge in [0.1, 0.15) is 11.6 Å². The highest BCUT2D eigenvalue weighted by molar-refractivity contribution is 8.01. The molecular weight excluding hydrogens is 285 g/mol. The second-order valence-corrected chi connectivity index (χ2v) is 5.89. The molecule has 0 radical (unpaired) electrons. The zero-order chi connectivity index (χ0) is 13.8. The molecule has 2 aromatic rings. The van der Waals surface area contributed by atoms with Crippen molar-refractivity contribution >= 4 is 28.9 Å². The first-order valence-electron chi connectivity index (χ1n) is 5.52. The largest absolute Gasteiger partial charge is 0.496 e. The molecule has 0 saturated carbocycles. The average Bonchev–Trinajstić information content (AvgIpc) is 2.81. The smallest absolute Gasteiger partial charge is 0.176 e.